The number of amides is 2. The lowest BCUT2D eigenvalue weighted by Crippen LogP contribution is -2.31. The first kappa shape index (κ1) is 17.1. The molecule has 3 rings (SSSR count). The SMILES string of the molecule is Cc1nc2c(N(C(N)=O)c3ccc(Cl)c(C(F)(F)F)c3)cccc2[nH]1. The van der Waals surface area contributed by atoms with Gasteiger partial charge in [-0.2, -0.15) is 13.2 Å². The highest BCUT2D eigenvalue weighted by Crippen LogP contribution is 2.39. The Morgan fingerprint density at radius 2 is 2.00 bits per heavy atom. The number of fused-ring (bicyclic) bond motifs is 1. The fourth-order valence-electron chi connectivity index (χ4n) is 2.58. The third-order valence-corrected chi connectivity index (χ3v) is 3.91. The van der Waals surface area contributed by atoms with Crippen molar-refractivity contribution in [1.29, 1.82) is 0 Å². The minimum absolute atomic E-state index is 0.0580. The first-order valence-electron chi connectivity index (χ1n) is 7.10. The molecule has 0 saturated heterocycles. The van der Waals surface area contributed by atoms with Crippen molar-refractivity contribution >= 4 is 40.0 Å². The van der Waals surface area contributed by atoms with Gasteiger partial charge in [-0.15, -0.1) is 0 Å². The normalized spacial score (nSPS) is 11.7. The number of carbonyl (C=O) groups is 1. The number of anilines is 2. The summed E-state index contributed by atoms with van der Waals surface area (Å²) in [7, 11) is 0. The van der Waals surface area contributed by atoms with Crippen LogP contribution in [0.3, 0.4) is 0 Å². The van der Waals surface area contributed by atoms with Crippen molar-refractivity contribution in [2.45, 2.75) is 13.1 Å². The Morgan fingerprint density at radius 1 is 1.28 bits per heavy atom. The van der Waals surface area contributed by atoms with Gasteiger partial charge in [0.15, 0.2) is 0 Å². The first-order valence-corrected chi connectivity index (χ1v) is 7.48. The average molecular weight is 369 g/mol. The minimum Gasteiger partial charge on any atom is -0.351 e. The van der Waals surface area contributed by atoms with Crippen LogP contribution in [0.5, 0.6) is 0 Å². The summed E-state index contributed by atoms with van der Waals surface area (Å²) in [6.07, 6.45) is -4.66. The summed E-state index contributed by atoms with van der Waals surface area (Å²) in [5, 5.41) is -0.463. The quantitative estimate of drug-likeness (QED) is 0.684. The number of aryl methyl sites for hydroxylation is 1. The second-order valence-corrected chi connectivity index (χ2v) is 5.74. The predicted octanol–water partition coefficient (Wildman–Crippen LogP) is 4.76. The number of urea groups is 1. The monoisotopic (exact) mass is 368 g/mol. The fourth-order valence-corrected chi connectivity index (χ4v) is 2.80. The van der Waals surface area contributed by atoms with Gasteiger partial charge in [0, 0.05) is 0 Å². The van der Waals surface area contributed by atoms with E-state index in [1.54, 1.807) is 25.1 Å². The Bertz CT molecular complexity index is 968. The molecular formula is C16H12ClF3N4O. The zero-order valence-electron chi connectivity index (χ0n) is 12.9. The molecule has 0 saturated carbocycles. The number of rotatable bonds is 2. The van der Waals surface area contributed by atoms with Crippen LogP contribution < -0.4 is 10.6 Å². The molecule has 0 aliphatic heterocycles. The van der Waals surface area contributed by atoms with Crippen LogP contribution in [0, 0.1) is 6.92 Å². The standard InChI is InChI=1S/C16H12ClF3N4O/c1-8-22-12-3-2-4-13(14(12)23-8)24(15(21)25)9-5-6-11(17)10(7-9)16(18,19)20/h2-7H,1H3,(H2,21,25)(H,22,23). The minimum atomic E-state index is -4.66. The lowest BCUT2D eigenvalue weighted by Gasteiger charge is -2.22. The van der Waals surface area contributed by atoms with Crippen LogP contribution in [-0.2, 0) is 6.18 Å². The maximum Gasteiger partial charge on any atom is 0.417 e. The van der Waals surface area contributed by atoms with Gasteiger partial charge in [0.25, 0.3) is 0 Å². The lowest BCUT2D eigenvalue weighted by molar-refractivity contribution is -0.137. The molecule has 0 unspecified atom stereocenters. The van der Waals surface area contributed by atoms with Crippen LogP contribution in [0.25, 0.3) is 11.0 Å². The highest BCUT2D eigenvalue weighted by Gasteiger charge is 2.34. The van der Waals surface area contributed by atoms with Gasteiger partial charge in [-0.25, -0.2) is 9.78 Å². The third kappa shape index (κ3) is 3.12. The number of H-pyrrole nitrogens is 1. The first-order chi connectivity index (χ1) is 11.7. The van der Waals surface area contributed by atoms with Crippen molar-refractivity contribution in [1.82, 2.24) is 9.97 Å². The Labute approximate surface area is 145 Å². The molecule has 3 N–H and O–H groups in total. The Hall–Kier alpha value is -2.74. The zero-order valence-corrected chi connectivity index (χ0v) is 13.6. The fraction of sp³-hybridized carbons (Fsp3) is 0.125. The van der Waals surface area contributed by atoms with Gasteiger partial charge in [0.1, 0.15) is 11.3 Å². The molecule has 25 heavy (non-hydrogen) atoms. The summed E-state index contributed by atoms with van der Waals surface area (Å²) in [4.78, 5) is 20.2. The van der Waals surface area contributed by atoms with Gasteiger partial charge in [0.05, 0.1) is 27.5 Å². The third-order valence-electron chi connectivity index (χ3n) is 3.58. The predicted molar refractivity (Wildman–Crippen MR) is 89.0 cm³/mol. The van der Waals surface area contributed by atoms with Gasteiger partial charge >= 0.3 is 12.2 Å². The van der Waals surface area contributed by atoms with E-state index in [4.69, 9.17) is 17.3 Å². The summed E-state index contributed by atoms with van der Waals surface area (Å²) >= 11 is 5.64. The maximum absolute atomic E-state index is 13.1. The number of hydrogen-bond donors (Lipinski definition) is 2. The Balaban J connectivity index is 2.22. The lowest BCUT2D eigenvalue weighted by atomic mass is 10.1. The van der Waals surface area contributed by atoms with Gasteiger partial charge in [-0.1, -0.05) is 17.7 Å². The van der Waals surface area contributed by atoms with Gasteiger partial charge in [0.2, 0.25) is 0 Å². The number of aromatic amines is 1. The number of imidazole rings is 1. The van der Waals surface area contributed by atoms with E-state index in [0.717, 1.165) is 17.0 Å². The van der Waals surface area contributed by atoms with Crippen molar-refractivity contribution in [2.24, 2.45) is 5.73 Å². The van der Waals surface area contributed by atoms with E-state index in [1.165, 1.54) is 6.07 Å². The molecule has 1 heterocycles. The van der Waals surface area contributed by atoms with E-state index in [-0.39, 0.29) is 11.4 Å². The van der Waals surface area contributed by atoms with Gasteiger partial charge < -0.3 is 10.7 Å². The summed E-state index contributed by atoms with van der Waals surface area (Å²) in [6.45, 7) is 1.72. The highest BCUT2D eigenvalue weighted by atomic mass is 35.5. The van der Waals surface area contributed by atoms with Crippen molar-refractivity contribution in [3.63, 3.8) is 0 Å². The summed E-state index contributed by atoms with van der Waals surface area (Å²) in [6, 6.07) is 7.14. The van der Waals surface area contributed by atoms with Crippen molar-refractivity contribution in [2.75, 3.05) is 4.90 Å². The van der Waals surface area contributed by atoms with Crippen LogP contribution >= 0.6 is 11.6 Å². The molecular weight excluding hydrogens is 357 g/mol. The number of aromatic nitrogens is 2. The highest BCUT2D eigenvalue weighted by molar-refractivity contribution is 6.31. The number of nitrogens with zero attached hydrogens (tertiary/aromatic N) is 2. The molecule has 2 aromatic carbocycles. The summed E-state index contributed by atoms with van der Waals surface area (Å²) in [5.74, 6) is 0.596. The molecule has 5 nitrogen and oxygen atoms in total. The number of hydrogen-bond acceptors (Lipinski definition) is 2. The smallest absolute Gasteiger partial charge is 0.351 e. The molecule has 130 valence electrons. The van der Waals surface area contributed by atoms with Crippen LogP contribution in [0.1, 0.15) is 11.4 Å². The molecule has 0 spiro atoms. The second-order valence-electron chi connectivity index (χ2n) is 5.33. The van der Waals surface area contributed by atoms with Crippen LogP contribution in [0.15, 0.2) is 36.4 Å². The van der Waals surface area contributed by atoms with E-state index in [0.29, 0.717) is 16.9 Å². The van der Waals surface area contributed by atoms with E-state index >= 15 is 0 Å². The Kier molecular flexibility index (Phi) is 4.08. The molecule has 0 aliphatic carbocycles. The van der Waals surface area contributed by atoms with E-state index in [2.05, 4.69) is 9.97 Å². The largest absolute Gasteiger partial charge is 0.417 e. The number of nitrogens with two attached hydrogens (primary N) is 1. The van der Waals surface area contributed by atoms with E-state index in [9.17, 15) is 18.0 Å². The number of primary amides is 1. The van der Waals surface area contributed by atoms with Crippen molar-refractivity contribution < 1.29 is 18.0 Å². The molecule has 0 aliphatic rings. The summed E-state index contributed by atoms with van der Waals surface area (Å²) < 4.78 is 39.3. The molecule has 1 aromatic heterocycles. The number of carbonyl (C=O) groups excluding carboxylic acids is 1. The van der Waals surface area contributed by atoms with Crippen LogP contribution in [-0.4, -0.2) is 16.0 Å². The molecule has 3 aromatic rings. The van der Waals surface area contributed by atoms with Gasteiger partial charge in [-0.05, 0) is 37.3 Å². The number of alkyl halides is 3. The number of halogens is 4. The van der Waals surface area contributed by atoms with Crippen LogP contribution in [0.2, 0.25) is 5.02 Å². The topological polar surface area (TPSA) is 75.0 Å². The molecule has 2 amide bonds. The molecule has 0 radical (unpaired) electrons. The molecule has 0 atom stereocenters. The number of para-hydroxylation sites is 1. The van der Waals surface area contributed by atoms with E-state index < -0.39 is 22.8 Å². The molecule has 9 heteroatoms. The van der Waals surface area contributed by atoms with E-state index in [1.807, 2.05) is 0 Å². The number of benzene rings is 2. The molecule has 0 fully saturated rings. The zero-order chi connectivity index (χ0) is 18.4. The Morgan fingerprint density at radius 3 is 2.64 bits per heavy atom. The summed E-state index contributed by atoms with van der Waals surface area (Å²) in [5.41, 5.74) is 5.64. The second kappa shape index (κ2) is 5.96. The molecule has 0 bridgehead atoms. The van der Waals surface area contributed by atoms with Gasteiger partial charge in [-0.3, -0.25) is 4.90 Å². The average Bonchev–Trinajstić information content (AvgIpc) is 2.88. The maximum atomic E-state index is 13.1. The van der Waals surface area contributed by atoms with Crippen molar-refractivity contribution in [3.8, 4) is 0 Å². The van der Waals surface area contributed by atoms with Crippen molar-refractivity contribution in [3.05, 3.63) is 52.8 Å². The van der Waals surface area contributed by atoms with Crippen LogP contribution in [0.4, 0.5) is 29.3 Å². The number of nitrogens with one attached hydrogen (secondary N) is 1.